The van der Waals surface area contributed by atoms with Crippen LogP contribution in [-0.4, -0.2) is 32.0 Å². The van der Waals surface area contributed by atoms with Crippen molar-refractivity contribution < 1.29 is 4.79 Å². The van der Waals surface area contributed by atoms with Gasteiger partial charge < -0.3 is 5.32 Å². The van der Waals surface area contributed by atoms with E-state index in [0.29, 0.717) is 12.6 Å². The summed E-state index contributed by atoms with van der Waals surface area (Å²) in [6, 6.07) is 10.3. The number of benzene rings is 1. The number of nitrogens with zero attached hydrogens (tertiary/aromatic N) is 3. The van der Waals surface area contributed by atoms with Gasteiger partial charge in [0.2, 0.25) is 5.91 Å². The topological polar surface area (TPSA) is 59.8 Å². The molecule has 1 aromatic heterocycles. The molecule has 1 aliphatic carbocycles. The Morgan fingerprint density at radius 1 is 1.43 bits per heavy atom. The number of carbonyl (C=O) groups excluding carboxylic acids is 1. The molecule has 23 heavy (non-hydrogen) atoms. The Hall–Kier alpha value is -2.08. The Labute approximate surface area is 140 Å². The van der Waals surface area contributed by atoms with E-state index < -0.39 is 0 Å². The van der Waals surface area contributed by atoms with Gasteiger partial charge in [0.1, 0.15) is 0 Å². The molecule has 5 nitrogen and oxygen atoms in total. The molecule has 0 aliphatic heterocycles. The molecule has 0 saturated heterocycles. The second-order valence-electron chi connectivity index (χ2n) is 5.61. The lowest BCUT2D eigenvalue weighted by atomic mass is 10.2. The van der Waals surface area contributed by atoms with Crippen molar-refractivity contribution in [3.8, 4) is 11.4 Å². The van der Waals surface area contributed by atoms with Gasteiger partial charge in [-0.1, -0.05) is 48.2 Å². The summed E-state index contributed by atoms with van der Waals surface area (Å²) in [6.45, 7) is 6.32. The van der Waals surface area contributed by atoms with Crippen LogP contribution in [0.25, 0.3) is 11.4 Å². The normalized spacial score (nSPS) is 15.2. The maximum Gasteiger partial charge on any atom is 0.233 e. The lowest BCUT2D eigenvalue weighted by Crippen LogP contribution is -2.32. The van der Waals surface area contributed by atoms with Crippen LogP contribution < -0.4 is 5.32 Å². The zero-order valence-corrected chi connectivity index (χ0v) is 13.9. The predicted octanol–water partition coefficient (Wildman–Crippen LogP) is 2.89. The zero-order chi connectivity index (χ0) is 16.2. The van der Waals surface area contributed by atoms with E-state index in [2.05, 4.69) is 22.1 Å². The quantitative estimate of drug-likeness (QED) is 0.627. The summed E-state index contributed by atoms with van der Waals surface area (Å²) in [7, 11) is 0. The summed E-state index contributed by atoms with van der Waals surface area (Å²) < 4.78 is 1.99. The number of rotatable bonds is 7. The van der Waals surface area contributed by atoms with E-state index in [-0.39, 0.29) is 11.2 Å². The summed E-state index contributed by atoms with van der Waals surface area (Å²) in [5.74, 6) is 0.856. The van der Waals surface area contributed by atoms with Crippen LogP contribution in [0, 0.1) is 0 Å². The molecular formula is C17H20N4OS. The fourth-order valence-corrected chi connectivity index (χ4v) is 3.10. The van der Waals surface area contributed by atoms with Crippen molar-refractivity contribution in [2.24, 2.45) is 0 Å². The first-order valence-corrected chi connectivity index (χ1v) is 8.63. The molecule has 120 valence electrons. The molecule has 2 aromatic rings. The van der Waals surface area contributed by atoms with Crippen LogP contribution in [0.1, 0.15) is 19.8 Å². The molecule has 0 unspecified atom stereocenters. The molecule has 3 rings (SSSR count). The number of aromatic nitrogens is 3. The van der Waals surface area contributed by atoms with E-state index in [9.17, 15) is 4.79 Å². The molecule has 1 fully saturated rings. The van der Waals surface area contributed by atoms with Crippen LogP contribution >= 0.6 is 11.8 Å². The second-order valence-corrected chi connectivity index (χ2v) is 6.92. The Bertz CT molecular complexity index is 694. The summed E-state index contributed by atoms with van der Waals surface area (Å²) >= 11 is 1.43. The van der Waals surface area contributed by atoms with Crippen LogP contribution in [0.5, 0.6) is 0 Å². The van der Waals surface area contributed by atoms with E-state index in [1.165, 1.54) is 11.8 Å². The van der Waals surface area contributed by atoms with Crippen LogP contribution in [0.15, 0.2) is 48.1 Å². The third-order valence-electron chi connectivity index (χ3n) is 3.64. The molecule has 0 spiro atoms. The van der Waals surface area contributed by atoms with Crippen molar-refractivity contribution in [3.63, 3.8) is 0 Å². The van der Waals surface area contributed by atoms with Gasteiger partial charge >= 0.3 is 0 Å². The van der Waals surface area contributed by atoms with Crippen LogP contribution in [0.3, 0.4) is 0 Å². The number of allylic oxidation sites excluding steroid dienone is 1. The molecule has 1 N–H and O–H groups in total. The zero-order valence-electron chi connectivity index (χ0n) is 13.1. The number of thioether (sulfide) groups is 1. The highest BCUT2D eigenvalue weighted by Gasteiger charge is 2.27. The monoisotopic (exact) mass is 328 g/mol. The average Bonchev–Trinajstić information content (AvgIpc) is 3.29. The Morgan fingerprint density at radius 2 is 2.17 bits per heavy atom. The van der Waals surface area contributed by atoms with Crippen molar-refractivity contribution in [2.45, 2.75) is 42.8 Å². The van der Waals surface area contributed by atoms with E-state index in [0.717, 1.165) is 29.4 Å². The first kappa shape index (κ1) is 15.8. The highest BCUT2D eigenvalue weighted by Crippen LogP contribution is 2.27. The van der Waals surface area contributed by atoms with Gasteiger partial charge in [-0.3, -0.25) is 9.36 Å². The lowest BCUT2D eigenvalue weighted by molar-refractivity contribution is -0.120. The fourth-order valence-electron chi connectivity index (χ4n) is 2.23. The molecule has 1 atom stereocenters. The highest BCUT2D eigenvalue weighted by molar-refractivity contribution is 8.00. The van der Waals surface area contributed by atoms with Gasteiger partial charge in [0.25, 0.3) is 0 Å². The van der Waals surface area contributed by atoms with Crippen molar-refractivity contribution in [1.82, 2.24) is 20.1 Å². The SMILES string of the molecule is C=CCn1c(S[C@H](C)C(=O)NC2CC2)nnc1-c1ccccc1. The summed E-state index contributed by atoms with van der Waals surface area (Å²) in [4.78, 5) is 12.1. The minimum absolute atomic E-state index is 0.0620. The number of hydrogen-bond donors (Lipinski definition) is 1. The van der Waals surface area contributed by atoms with Gasteiger partial charge in [0.05, 0.1) is 5.25 Å². The fraction of sp³-hybridized carbons (Fsp3) is 0.353. The smallest absolute Gasteiger partial charge is 0.233 e. The molecule has 1 amide bonds. The van der Waals surface area contributed by atoms with Crippen LogP contribution in [0.4, 0.5) is 0 Å². The largest absolute Gasteiger partial charge is 0.352 e. The maximum absolute atomic E-state index is 12.1. The van der Waals surface area contributed by atoms with Gasteiger partial charge in [-0.15, -0.1) is 16.8 Å². The number of carbonyl (C=O) groups is 1. The number of nitrogens with one attached hydrogen (secondary N) is 1. The number of hydrogen-bond acceptors (Lipinski definition) is 4. The Morgan fingerprint density at radius 3 is 2.83 bits per heavy atom. The first-order valence-electron chi connectivity index (χ1n) is 7.75. The van der Waals surface area contributed by atoms with Gasteiger partial charge in [-0.25, -0.2) is 0 Å². The second kappa shape index (κ2) is 7.00. The molecule has 1 aromatic carbocycles. The molecule has 0 radical (unpaired) electrons. The van der Waals surface area contributed by atoms with Crippen molar-refractivity contribution in [1.29, 1.82) is 0 Å². The van der Waals surface area contributed by atoms with E-state index >= 15 is 0 Å². The third-order valence-corrected chi connectivity index (χ3v) is 4.72. The van der Waals surface area contributed by atoms with E-state index in [4.69, 9.17) is 0 Å². The summed E-state index contributed by atoms with van der Waals surface area (Å²) in [5, 5.41) is 12.1. The molecule has 1 aliphatic rings. The predicted molar refractivity (Wildman–Crippen MR) is 92.1 cm³/mol. The minimum Gasteiger partial charge on any atom is -0.352 e. The molecule has 1 saturated carbocycles. The van der Waals surface area contributed by atoms with Crippen LogP contribution in [-0.2, 0) is 11.3 Å². The Kier molecular flexibility index (Phi) is 4.81. The number of amides is 1. The van der Waals surface area contributed by atoms with Crippen molar-refractivity contribution in [3.05, 3.63) is 43.0 Å². The first-order chi connectivity index (χ1) is 11.2. The minimum atomic E-state index is -0.202. The third kappa shape index (κ3) is 3.82. The standard InChI is InChI=1S/C17H20N4OS/c1-3-11-21-15(13-7-5-4-6-8-13)19-20-17(21)23-12(2)16(22)18-14-9-10-14/h3-8,12,14H,1,9-11H2,2H3,(H,18,22)/t12-/m1/s1. The van der Waals surface area contributed by atoms with E-state index in [1.54, 1.807) is 0 Å². The maximum atomic E-state index is 12.1. The highest BCUT2D eigenvalue weighted by atomic mass is 32.2. The van der Waals surface area contributed by atoms with E-state index in [1.807, 2.05) is 47.9 Å². The van der Waals surface area contributed by atoms with Gasteiger partial charge in [-0.2, -0.15) is 0 Å². The Balaban J connectivity index is 1.80. The molecule has 0 bridgehead atoms. The van der Waals surface area contributed by atoms with Crippen LogP contribution in [0.2, 0.25) is 0 Å². The summed E-state index contributed by atoms with van der Waals surface area (Å²) in [5.41, 5.74) is 1.00. The van der Waals surface area contributed by atoms with Gasteiger partial charge in [0.15, 0.2) is 11.0 Å². The lowest BCUT2D eigenvalue weighted by Gasteiger charge is -2.12. The van der Waals surface area contributed by atoms with Crippen molar-refractivity contribution in [2.75, 3.05) is 0 Å². The van der Waals surface area contributed by atoms with Gasteiger partial charge in [0, 0.05) is 18.2 Å². The molecule has 1 heterocycles. The average molecular weight is 328 g/mol. The van der Waals surface area contributed by atoms with Crippen molar-refractivity contribution >= 4 is 17.7 Å². The van der Waals surface area contributed by atoms with Gasteiger partial charge in [-0.05, 0) is 19.8 Å². The molecular weight excluding hydrogens is 308 g/mol. The molecule has 6 heteroatoms. The summed E-state index contributed by atoms with van der Waals surface area (Å²) in [6.07, 6.45) is 4.00.